The minimum atomic E-state index is 0.0651. The van der Waals surface area contributed by atoms with Crippen molar-refractivity contribution in [2.45, 2.75) is 6.42 Å². The van der Waals surface area contributed by atoms with E-state index >= 15 is 0 Å². The van der Waals surface area contributed by atoms with Gasteiger partial charge >= 0.3 is 0 Å². The lowest BCUT2D eigenvalue weighted by molar-refractivity contribution is 0.0777. The average Bonchev–Trinajstić information content (AvgIpc) is 3.15. The van der Waals surface area contributed by atoms with Gasteiger partial charge < -0.3 is 15.1 Å². The molecule has 26 heavy (non-hydrogen) atoms. The molecule has 1 aliphatic rings. The van der Waals surface area contributed by atoms with Gasteiger partial charge in [-0.05, 0) is 36.6 Å². The van der Waals surface area contributed by atoms with Crippen LogP contribution in [0.3, 0.4) is 0 Å². The zero-order valence-corrected chi connectivity index (χ0v) is 15.4. The zero-order chi connectivity index (χ0) is 18.4. The summed E-state index contributed by atoms with van der Waals surface area (Å²) in [7, 11) is 1.90. The van der Waals surface area contributed by atoms with Crippen LogP contribution in [0, 0.1) is 5.92 Å². The van der Waals surface area contributed by atoms with Crippen LogP contribution in [0.2, 0.25) is 0 Å². The topological polar surface area (TPSA) is 35.6 Å². The minimum absolute atomic E-state index is 0.0651. The van der Waals surface area contributed by atoms with Gasteiger partial charge in [-0.3, -0.25) is 4.79 Å². The van der Waals surface area contributed by atoms with Crippen LogP contribution >= 0.6 is 0 Å². The third kappa shape index (κ3) is 4.26. The quantitative estimate of drug-likeness (QED) is 0.771. The van der Waals surface area contributed by atoms with Crippen molar-refractivity contribution in [1.29, 1.82) is 0 Å². The molecular formula is C22H27N3O. The van der Waals surface area contributed by atoms with E-state index in [0.717, 1.165) is 37.3 Å². The number of amides is 1. The van der Waals surface area contributed by atoms with E-state index in [4.69, 9.17) is 0 Å². The van der Waals surface area contributed by atoms with Gasteiger partial charge in [-0.15, -0.1) is 6.58 Å². The van der Waals surface area contributed by atoms with Crippen LogP contribution in [0.5, 0.6) is 0 Å². The second-order valence-corrected chi connectivity index (χ2v) is 6.84. The summed E-state index contributed by atoms with van der Waals surface area (Å²) < 4.78 is 0. The van der Waals surface area contributed by atoms with Crippen LogP contribution in [0.15, 0.2) is 67.3 Å². The number of anilines is 2. The fourth-order valence-corrected chi connectivity index (χ4v) is 3.54. The Hall–Kier alpha value is -2.75. The summed E-state index contributed by atoms with van der Waals surface area (Å²) in [6.45, 7) is 7.19. The number of hydrogen-bond acceptors (Lipinski definition) is 3. The normalized spacial score (nSPS) is 16.3. The molecule has 4 nitrogen and oxygen atoms in total. The molecule has 1 amide bonds. The number of nitrogens with zero attached hydrogens (tertiary/aromatic N) is 2. The van der Waals surface area contributed by atoms with Gasteiger partial charge in [0.05, 0.1) is 5.56 Å². The molecule has 0 aromatic heterocycles. The molecule has 4 heteroatoms. The first-order valence-corrected chi connectivity index (χ1v) is 9.18. The Morgan fingerprint density at radius 1 is 1.23 bits per heavy atom. The predicted octanol–water partition coefficient (Wildman–Crippen LogP) is 3.88. The highest BCUT2D eigenvalue weighted by Gasteiger charge is 2.26. The van der Waals surface area contributed by atoms with Crippen molar-refractivity contribution in [2.24, 2.45) is 5.92 Å². The van der Waals surface area contributed by atoms with E-state index in [-0.39, 0.29) is 5.91 Å². The van der Waals surface area contributed by atoms with E-state index < -0.39 is 0 Å². The smallest absolute Gasteiger partial charge is 0.255 e. The van der Waals surface area contributed by atoms with Gasteiger partial charge in [-0.25, -0.2) is 0 Å². The van der Waals surface area contributed by atoms with Gasteiger partial charge in [0, 0.05) is 44.6 Å². The highest BCUT2D eigenvalue weighted by atomic mass is 16.2. The van der Waals surface area contributed by atoms with Crippen LogP contribution in [-0.4, -0.2) is 44.0 Å². The van der Waals surface area contributed by atoms with Gasteiger partial charge in [-0.2, -0.15) is 0 Å². The average molecular weight is 349 g/mol. The lowest BCUT2D eigenvalue weighted by Crippen LogP contribution is -2.33. The van der Waals surface area contributed by atoms with Crippen LogP contribution in [0.25, 0.3) is 0 Å². The largest absolute Gasteiger partial charge is 0.381 e. The van der Waals surface area contributed by atoms with E-state index in [1.54, 1.807) is 6.08 Å². The van der Waals surface area contributed by atoms with Gasteiger partial charge in [0.1, 0.15) is 0 Å². The van der Waals surface area contributed by atoms with Crippen LogP contribution in [0.1, 0.15) is 16.8 Å². The molecule has 0 spiro atoms. The maximum Gasteiger partial charge on any atom is 0.255 e. The summed E-state index contributed by atoms with van der Waals surface area (Å²) in [5.74, 6) is 0.563. The fraction of sp³-hybridized carbons (Fsp3) is 0.318. The Bertz CT molecular complexity index is 744. The van der Waals surface area contributed by atoms with Crippen molar-refractivity contribution < 1.29 is 4.79 Å². The molecular weight excluding hydrogens is 322 g/mol. The number of nitrogens with one attached hydrogen (secondary N) is 1. The molecule has 1 saturated heterocycles. The van der Waals surface area contributed by atoms with Crippen LogP contribution in [0.4, 0.5) is 11.4 Å². The highest BCUT2D eigenvalue weighted by molar-refractivity contribution is 5.99. The molecule has 0 saturated carbocycles. The van der Waals surface area contributed by atoms with Gasteiger partial charge in [0.25, 0.3) is 5.91 Å². The van der Waals surface area contributed by atoms with E-state index in [0.29, 0.717) is 12.5 Å². The first-order chi connectivity index (χ1) is 12.7. The second kappa shape index (κ2) is 8.56. The van der Waals surface area contributed by atoms with E-state index in [1.165, 1.54) is 5.69 Å². The lowest BCUT2D eigenvalue weighted by Gasteiger charge is -2.23. The Kier molecular flexibility index (Phi) is 5.95. The molecule has 2 aromatic carbocycles. The number of para-hydroxylation sites is 2. The van der Waals surface area contributed by atoms with Gasteiger partial charge in [0.2, 0.25) is 0 Å². The number of hydrogen-bond donors (Lipinski definition) is 1. The van der Waals surface area contributed by atoms with Crippen LogP contribution < -0.4 is 10.2 Å². The fourth-order valence-electron chi connectivity index (χ4n) is 3.54. The van der Waals surface area contributed by atoms with Crippen molar-refractivity contribution in [3.8, 4) is 0 Å². The van der Waals surface area contributed by atoms with E-state index in [2.05, 4.69) is 41.1 Å². The maximum atomic E-state index is 12.9. The molecule has 1 fully saturated rings. The Morgan fingerprint density at radius 3 is 2.73 bits per heavy atom. The lowest BCUT2D eigenvalue weighted by atomic mass is 10.1. The number of rotatable bonds is 7. The van der Waals surface area contributed by atoms with Crippen molar-refractivity contribution in [2.75, 3.05) is 43.4 Å². The summed E-state index contributed by atoms with van der Waals surface area (Å²) in [5, 5.41) is 3.25. The standard InChI is InChI=1S/C22H27N3O/c1-3-14-23-21-12-8-7-11-20(21)22(26)24(2)16-18-13-15-25(17-18)19-9-5-4-6-10-19/h3-12,18,23H,1,13-17H2,2H3/t18-/m1/s1. The molecule has 3 rings (SSSR count). The van der Waals surface area contributed by atoms with E-state index in [1.807, 2.05) is 42.3 Å². The summed E-state index contributed by atoms with van der Waals surface area (Å²) in [4.78, 5) is 17.2. The molecule has 2 aromatic rings. The minimum Gasteiger partial charge on any atom is -0.381 e. The summed E-state index contributed by atoms with van der Waals surface area (Å²) in [5.41, 5.74) is 2.85. The third-order valence-corrected chi connectivity index (χ3v) is 4.88. The van der Waals surface area contributed by atoms with Gasteiger partial charge in [0.15, 0.2) is 0 Å². The third-order valence-electron chi connectivity index (χ3n) is 4.88. The molecule has 1 N–H and O–H groups in total. The van der Waals surface area contributed by atoms with Gasteiger partial charge in [-0.1, -0.05) is 36.4 Å². The molecule has 1 atom stereocenters. The summed E-state index contributed by atoms with van der Waals surface area (Å²) in [6.07, 6.45) is 2.91. The summed E-state index contributed by atoms with van der Waals surface area (Å²) in [6, 6.07) is 18.2. The Labute approximate surface area is 156 Å². The predicted molar refractivity (Wildman–Crippen MR) is 109 cm³/mol. The zero-order valence-electron chi connectivity index (χ0n) is 15.4. The SMILES string of the molecule is C=CCNc1ccccc1C(=O)N(C)C[C@H]1CCN(c2ccccc2)C1. The molecule has 0 radical (unpaired) electrons. The number of carbonyl (C=O) groups excluding carboxylic acids is 1. The first kappa shape index (κ1) is 18.1. The maximum absolute atomic E-state index is 12.9. The van der Waals surface area contributed by atoms with Crippen molar-refractivity contribution >= 4 is 17.3 Å². The Morgan fingerprint density at radius 2 is 1.96 bits per heavy atom. The molecule has 0 aliphatic carbocycles. The van der Waals surface area contributed by atoms with Crippen molar-refractivity contribution in [3.63, 3.8) is 0 Å². The molecule has 136 valence electrons. The Balaban J connectivity index is 1.61. The van der Waals surface area contributed by atoms with E-state index in [9.17, 15) is 4.79 Å². The number of carbonyl (C=O) groups is 1. The second-order valence-electron chi connectivity index (χ2n) is 6.84. The van der Waals surface area contributed by atoms with Crippen molar-refractivity contribution in [3.05, 3.63) is 72.8 Å². The van der Waals surface area contributed by atoms with Crippen LogP contribution in [-0.2, 0) is 0 Å². The molecule has 0 unspecified atom stereocenters. The molecule has 1 aliphatic heterocycles. The number of benzene rings is 2. The first-order valence-electron chi connectivity index (χ1n) is 9.18. The monoisotopic (exact) mass is 349 g/mol. The highest BCUT2D eigenvalue weighted by Crippen LogP contribution is 2.25. The summed E-state index contributed by atoms with van der Waals surface area (Å²) >= 11 is 0. The molecule has 0 bridgehead atoms. The van der Waals surface area contributed by atoms with Crippen molar-refractivity contribution in [1.82, 2.24) is 4.90 Å². The molecule has 1 heterocycles.